The first-order valence-electron chi connectivity index (χ1n) is 14.2. The molecular weight excluding hydrogens is 610 g/mol. The minimum atomic E-state index is -0.875. The van der Waals surface area contributed by atoms with Crippen LogP contribution in [0.4, 0.5) is 0 Å². The molecule has 0 atom stereocenters. The maximum Gasteiger partial charge on any atom is 0.306 e. The molecule has 0 fully saturated rings. The predicted molar refractivity (Wildman–Crippen MR) is 167 cm³/mol. The number of benzene rings is 2. The zero-order valence-electron chi connectivity index (χ0n) is 25.2. The maximum absolute atomic E-state index is 12.3. The van der Waals surface area contributed by atoms with E-state index in [1.54, 1.807) is 0 Å². The molecule has 3 aromatic rings. The van der Waals surface area contributed by atoms with Crippen molar-refractivity contribution in [3.05, 3.63) is 96.6 Å². The third kappa shape index (κ3) is 12.3. The summed E-state index contributed by atoms with van der Waals surface area (Å²) in [5.74, 6) is 6.14. The highest BCUT2D eigenvalue weighted by Gasteiger charge is 2.18. The Morgan fingerprint density at radius 2 is 1.73 bits per heavy atom. The first-order valence-corrected chi connectivity index (χ1v) is 14.6. The van der Waals surface area contributed by atoms with Gasteiger partial charge in [0.2, 0.25) is 0 Å². The molecule has 1 heterocycles. The molecular formula is C29H38ClN7O8. The van der Waals surface area contributed by atoms with E-state index in [4.69, 9.17) is 38.0 Å². The summed E-state index contributed by atoms with van der Waals surface area (Å²) in [6.07, 6.45) is 4.57. The van der Waals surface area contributed by atoms with Gasteiger partial charge in [-0.05, 0) is 36.0 Å². The van der Waals surface area contributed by atoms with E-state index in [1.807, 2.05) is 53.1 Å². The number of esters is 1. The van der Waals surface area contributed by atoms with Crippen LogP contribution in [0.2, 0.25) is 5.15 Å². The summed E-state index contributed by atoms with van der Waals surface area (Å²) in [7, 11) is 1.00. The lowest BCUT2D eigenvalue weighted by molar-refractivity contribution is -0.757. The molecule has 1 aromatic heterocycles. The van der Waals surface area contributed by atoms with Crippen LogP contribution < -0.4 is 11.6 Å². The Kier molecular flexibility index (Phi) is 15.6. The van der Waals surface area contributed by atoms with Crippen molar-refractivity contribution in [2.24, 2.45) is 16.7 Å². The van der Waals surface area contributed by atoms with Gasteiger partial charge in [0.05, 0.1) is 19.4 Å². The molecule has 0 aliphatic carbocycles. The van der Waals surface area contributed by atoms with Gasteiger partial charge in [-0.3, -0.25) is 4.79 Å². The Balaban J connectivity index is 0.00000130. The van der Waals surface area contributed by atoms with Crippen molar-refractivity contribution in [3.8, 4) is 11.1 Å². The molecule has 2 aromatic carbocycles. The van der Waals surface area contributed by atoms with E-state index in [9.17, 15) is 14.9 Å². The summed E-state index contributed by atoms with van der Waals surface area (Å²) < 4.78 is 7.53. The number of rotatable bonds is 17. The number of nitrogens with zero attached hydrogens (tertiary/aromatic N) is 5. The van der Waals surface area contributed by atoms with Gasteiger partial charge in [-0.25, -0.2) is 4.98 Å². The van der Waals surface area contributed by atoms with E-state index in [2.05, 4.69) is 26.7 Å². The van der Waals surface area contributed by atoms with Gasteiger partial charge in [-0.15, -0.1) is 20.2 Å². The van der Waals surface area contributed by atoms with Gasteiger partial charge < -0.3 is 30.6 Å². The third-order valence-corrected chi connectivity index (χ3v) is 6.85. The van der Waals surface area contributed by atoms with Gasteiger partial charge >= 0.3 is 5.97 Å². The van der Waals surface area contributed by atoms with Crippen LogP contribution >= 0.6 is 11.6 Å². The number of hydrogen-bond donors (Lipinski definition) is 2. The van der Waals surface area contributed by atoms with Crippen LogP contribution in [0.3, 0.4) is 0 Å². The summed E-state index contributed by atoms with van der Waals surface area (Å²) >= 11 is 6.51. The molecule has 0 bridgehead atoms. The second kappa shape index (κ2) is 19.4. The van der Waals surface area contributed by atoms with Crippen molar-refractivity contribution in [1.29, 1.82) is 0 Å². The highest BCUT2D eigenvalue weighted by molar-refractivity contribution is 6.30. The summed E-state index contributed by atoms with van der Waals surface area (Å²) in [6, 6.07) is 15.7. The van der Waals surface area contributed by atoms with E-state index in [1.165, 1.54) is 0 Å². The number of ether oxygens (including phenoxy) is 1. The summed E-state index contributed by atoms with van der Waals surface area (Å²) in [4.78, 5) is 43.8. The van der Waals surface area contributed by atoms with Crippen molar-refractivity contribution in [2.45, 2.75) is 65.0 Å². The molecule has 0 spiro atoms. The van der Waals surface area contributed by atoms with E-state index >= 15 is 0 Å². The number of hydrazone groups is 1. The maximum atomic E-state index is 12.3. The number of carbonyl (C=O) groups is 1. The molecule has 0 aliphatic rings. The molecule has 3 rings (SSSR count). The lowest BCUT2D eigenvalue weighted by Gasteiger charge is -2.14. The second-order valence-corrected chi connectivity index (χ2v) is 10.0. The van der Waals surface area contributed by atoms with Crippen molar-refractivity contribution in [1.82, 2.24) is 9.55 Å². The Labute approximate surface area is 265 Å². The van der Waals surface area contributed by atoms with E-state index < -0.39 is 10.2 Å². The van der Waals surface area contributed by atoms with Gasteiger partial charge in [0.15, 0.2) is 11.0 Å². The highest BCUT2D eigenvalue weighted by atomic mass is 35.5. The minimum Gasteiger partial charge on any atom is -0.459 e. The Morgan fingerprint density at radius 3 is 2.36 bits per heavy atom. The zero-order valence-corrected chi connectivity index (χ0v) is 26.0. The number of amidine groups is 1. The molecule has 0 unspecified atom stereocenters. The van der Waals surface area contributed by atoms with Crippen molar-refractivity contribution in [3.63, 3.8) is 0 Å². The molecule has 15 nitrogen and oxygen atoms in total. The molecule has 4 N–H and O–H groups in total. The standard InChI is InChI=1S/C28H35ClN6O5.CH3NO3/c1-2-3-11-25-32-27(29)24(19-39-26(36)12-5-4-8-17-40-35(37)38)34(25)18-20-13-15-21(16-14-20)22-9-6-7-10-23(22)28(30)33-31;1-5-2(3)4/h6-7,9-10,13-16H,2-5,8,11-12,17-19,31H2,1H3,(H2,30,33);1H3. The number of aryl methyl sites for hydroxylation is 1. The molecule has 16 heteroatoms. The normalized spacial score (nSPS) is 10.9. The van der Waals surface area contributed by atoms with Gasteiger partial charge in [-0.2, -0.15) is 5.10 Å². The highest BCUT2D eigenvalue weighted by Crippen LogP contribution is 2.26. The van der Waals surface area contributed by atoms with Crippen LogP contribution in [0.5, 0.6) is 0 Å². The van der Waals surface area contributed by atoms with E-state index in [0.717, 1.165) is 54.5 Å². The smallest absolute Gasteiger partial charge is 0.306 e. The molecule has 0 amide bonds. The van der Waals surface area contributed by atoms with Crippen LogP contribution in [0.1, 0.15) is 68.1 Å². The van der Waals surface area contributed by atoms with Crippen LogP contribution in [-0.2, 0) is 38.8 Å². The number of nitrogens with two attached hydrogens (primary N) is 2. The number of halogens is 1. The van der Waals surface area contributed by atoms with Crippen molar-refractivity contribution < 1.29 is 29.4 Å². The largest absolute Gasteiger partial charge is 0.459 e. The van der Waals surface area contributed by atoms with Crippen LogP contribution in [0.25, 0.3) is 11.1 Å². The number of hydrogen-bond acceptors (Lipinski definition) is 11. The molecule has 0 radical (unpaired) electrons. The Morgan fingerprint density at radius 1 is 1.04 bits per heavy atom. The van der Waals surface area contributed by atoms with Gasteiger partial charge in [0.1, 0.15) is 12.4 Å². The summed E-state index contributed by atoms with van der Waals surface area (Å²) in [5, 5.41) is 21.4. The van der Waals surface area contributed by atoms with E-state index in [-0.39, 0.29) is 31.4 Å². The lowest BCUT2D eigenvalue weighted by atomic mass is 9.98. The first kappa shape index (κ1) is 36.3. The minimum absolute atomic E-state index is 0.00435. The predicted octanol–water partition coefficient (Wildman–Crippen LogP) is 4.81. The third-order valence-electron chi connectivity index (χ3n) is 6.55. The topological polar surface area (TPSA) is 213 Å². The van der Waals surface area contributed by atoms with Gasteiger partial charge in [0.25, 0.3) is 10.2 Å². The van der Waals surface area contributed by atoms with Crippen LogP contribution in [0.15, 0.2) is 53.6 Å². The van der Waals surface area contributed by atoms with Crippen LogP contribution in [-0.4, -0.2) is 45.2 Å². The average Bonchev–Trinajstić information content (AvgIpc) is 3.33. The monoisotopic (exact) mass is 647 g/mol. The molecule has 0 saturated carbocycles. The van der Waals surface area contributed by atoms with Crippen molar-refractivity contribution >= 4 is 23.4 Å². The number of unbranched alkanes of at least 4 members (excludes halogenated alkanes) is 3. The fourth-order valence-corrected chi connectivity index (χ4v) is 4.52. The zero-order chi connectivity index (χ0) is 33.2. The number of carbonyl (C=O) groups excluding carboxylic acids is 1. The SMILES string of the molecule is CCCCc1nc(Cl)c(COC(=O)CCCCCO[N+](=O)[O-])n1Cc1ccc(-c2ccccc2/C(N)=N/N)cc1.CO[N+](=O)[O-]. The fraction of sp³-hybridized carbons (Fsp3) is 0.414. The molecule has 244 valence electrons. The Hall–Kier alpha value is -4.92. The summed E-state index contributed by atoms with van der Waals surface area (Å²) in [6.45, 7) is 2.64. The fourth-order valence-electron chi connectivity index (χ4n) is 4.26. The second-order valence-electron chi connectivity index (χ2n) is 9.65. The molecule has 45 heavy (non-hydrogen) atoms. The number of imidazole rings is 1. The van der Waals surface area contributed by atoms with Gasteiger partial charge in [0, 0.05) is 24.9 Å². The average molecular weight is 648 g/mol. The quantitative estimate of drug-likeness (QED) is 0.0385. The van der Waals surface area contributed by atoms with Gasteiger partial charge in [-0.1, -0.05) is 79.9 Å². The first-order chi connectivity index (χ1) is 21.6. The summed E-state index contributed by atoms with van der Waals surface area (Å²) in [5.41, 5.74) is 10.3. The van der Waals surface area contributed by atoms with Crippen LogP contribution in [0, 0.1) is 20.2 Å². The Bertz CT molecular complexity index is 1430. The molecule has 0 saturated heterocycles. The molecule has 0 aliphatic heterocycles. The number of aromatic nitrogens is 2. The van der Waals surface area contributed by atoms with E-state index in [0.29, 0.717) is 36.7 Å². The lowest BCUT2D eigenvalue weighted by Crippen LogP contribution is -2.16. The van der Waals surface area contributed by atoms with Crippen molar-refractivity contribution in [2.75, 3.05) is 13.7 Å².